The van der Waals surface area contributed by atoms with Gasteiger partial charge in [0.05, 0.1) is 16.0 Å². The Bertz CT molecular complexity index is 1440. The fraction of sp³-hybridized carbons (Fsp3) is 0.520. The van der Waals surface area contributed by atoms with E-state index in [9.17, 15) is 26.4 Å². The summed E-state index contributed by atoms with van der Waals surface area (Å²) in [5.74, 6) is 0.347. The number of alkyl halides is 3. The van der Waals surface area contributed by atoms with Crippen molar-refractivity contribution in [2.24, 2.45) is 11.1 Å². The summed E-state index contributed by atoms with van der Waals surface area (Å²) in [6.07, 6.45) is 2.40. The number of nitrogens with two attached hydrogens (primary N) is 1. The number of tetrazole rings is 1. The predicted octanol–water partition coefficient (Wildman–Crippen LogP) is 3.80. The molecule has 0 atom stereocenters. The van der Waals surface area contributed by atoms with Gasteiger partial charge in [-0.05, 0) is 43.0 Å². The maximum atomic E-state index is 13.9. The summed E-state index contributed by atoms with van der Waals surface area (Å²) in [7, 11) is -4.62. The molecule has 0 aliphatic heterocycles. The first-order chi connectivity index (χ1) is 18.2. The second kappa shape index (κ2) is 10.7. The minimum atomic E-state index is -4.95. The van der Waals surface area contributed by atoms with E-state index in [-0.39, 0.29) is 12.2 Å². The molecule has 0 bridgehead atoms. The number of hydrogen-bond donors (Lipinski definition) is 3. The summed E-state index contributed by atoms with van der Waals surface area (Å²) < 4.78 is 66.9. The lowest BCUT2D eigenvalue weighted by Crippen LogP contribution is -2.37. The fourth-order valence-electron chi connectivity index (χ4n) is 5.08. The number of amides is 1. The molecule has 212 valence electrons. The third-order valence-electron chi connectivity index (χ3n) is 7.33. The number of benzene rings is 1. The second-order valence-corrected chi connectivity index (χ2v) is 12.2. The molecule has 0 radical (unpaired) electrons. The van der Waals surface area contributed by atoms with Crippen molar-refractivity contribution in [3.63, 3.8) is 0 Å². The van der Waals surface area contributed by atoms with Gasteiger partial charge in [-0.1, -0.05) is 51.2 Å². The van der Waals surface area contributed by atoms with Crippen molar-refractivity contribution in [2.75, 3.05) is 6.54 Å². The molecule has 4 N–H and O–H groups in total. The molecule has 4 rings (SSSR count). The average Bonchev–Trinajstić information content (AvgIpc) is 3.52. The number of carbonyl (C=O) groups excluding carboxylic acids is 1. The molecule has 10 nitrogen and oxygen atoms in total. The summed E-state index contributed by atoms with van der Waals surface area (Å²) in [4.78, 5) is 12.3. The van der Waals surface area contributed by atoms with Crippen molar-refractivity contribution < 1.29 is 26.4 Å². The maximum absolute atomic E-state index is 13.9. The number of primary sulfonamides is 1. The highest BCUT2D eigenvalue weighted by Gasteiger charge is 2.37. The number of halogens is 3. The van der Waals surface area contributed by atoms with Crippen molar-refractivity contribution in [2.45, 2.75) is 75.8 Å². The third kappa shape index (κ3) is 6.32. The lowest BCUT2D eigenvalue weighted by Gasteiger charge is -2.23. The molecular weight excluding hydrogens is 535 g/mol. The molecule has 1 amide bonds. The topological polar surface area (TPSA) is 149 Å². The molecule has 14 heteroatoms. The van der Waals surface area contributed by atoms with Crippen LogP contribution in [0.15, 0.2) is 29.3 Å². The SMILES string of the molecule is Cc1c(C(=O)NCC(C)(C)c2nn[nH]n2)cn(-c2ccc(S(N)(=O)=O)c(C(F)(F)F)c2)c1CC1CCCCC1. The first kappa shape index (κ1) is 28.7. The van der Waals surface area contributed by atoms with Gasteiger partial charge in [-0.15, -0.1) is 10.2 Å². The van der Waals surface area contributed by atoms with Crippen LogP contribution in [0.4, 0.5) is 13.2 Å². The van der Waals surface area contributed by atoms with E-state index in [0.717, 1.165) is 44.2 Å². The van der Waals surface area contributed by atoms with Crippen molar-refractivity contribution in [1.82, 2.24) is 30.5 Å². The number of nitrogens with one attached hydrogen (secondary N) is 2. The molecule has 1 saturated carbocycles. The Labute approximate surface area is 224 Å². The largest absolute Gasteiger partial charge is 0.417 e. The summed E-state index contributed by atoms with van der Waals surface area (Å²) in [5, 5.41) is 21.9. The molecule has 1 aromatic carbocycles. The van der Waals surface area contributed by atoms with Gasteiger partial charge in [0.25, 0.3) is 5.91 Å². The summed E-state index contributed by atoms with van der Waals surface area (Å²) in [6, 6.07) is 2.91. The quantitative estimate of drug-likeness (QED) is 0.377. The summed E-state index contributed by atoms with van der Waals surface area (Å²) in [5.41, 5.74) is -0.218. The second-order valence-electron chi connectivity index (χ2n) is 10.7. The Morgan fingerprint density at radius 2 is 1.90 bits per heavy atom. The molecule has 0 saturated heterocycles. The lowest BCUT2D eigenvalue weighted by molar-refractivity contribution is -0.139. The van der Waals surface area contributed by atoms with E-state index >= 15 is 0 Å². The average molecular weight is 568 g/mol. The number of sulfonamides is 1. The number of rotatable bonds is 8. The zero-order valence-corrected chi connectivity index (χ0v) is 22.8. The van der Waals surface area contributed by atoms with Crippen LogP contribution in [0.2, 0.25) is 0 Å². The van der Waals surface area contributed by atoms with Crippen LogP contribution in [-0.2, 0) is 28.0 Å². The molecule has 1 aliphatic carbocycles. The Morgan fingerprint density at radius 1 is 1.21 bits per heavy atom. The zero-order chi connectivity index (χ0) is 28.6. The minimum absolute atomic E-state index is 0.0924. The fourth-order valence-corrected chi connectivity index (χ4v) is 5.82. The van der Waals surface area contributed by atoms with Crippen LogP contribution in [0.3, 0.4) is 0 Å². The summed E-state index contributed by atoms with van der Waals surface area (Å²) in [6.45, 7) is 5.65. The molecule has 3 aromatic rings. The van der Waals surface area contributed by atoms with Crippen LogP contribution in [0, 0.1) is 12.8 Å². The van der Waals surface area contributed by atoms with Crippen molar-refractivity contribution >= 4 is 15.9 Å². The van der Waals surface area contributed by atoms with E-state index in [2.05, 4.69) is 25.9 Å². The van der Waals surface area contributed by atoms with Crippen LogP contribution < -0.4 is 10.5 Å². The van der Waals surface area contributed by atoms with Gasteiger partial charge in [0.2, 0.25) is 10.0 Å². The van der Waals surface area contributed by atoms with E-state index < -0.39 is 38.0 Å². The van der Waals surface area contributed by atoms with Gasteiger partial charge in [0.15, 0.2) is 5.82 Å². The zero-order valence-electron chi connectivity index (χ0n) is 22.0. The maximum Gasteiger partial charge on any atom is 0.417 e. The number of aromatic amines is 1. The highest BCUT2D eigenvalue weighted by Crippen LogP contribution is 2.37. The van der Waals surface area contributed by atoms with Gasteiger partial charge < -0.3 is 9.88 Å². The van der Waals surface area contributed by atoms with Crippen molar-refractivity contribution in [3.8, 4) is 5.69 Å². The molecule has 0 unspecified atom stereocenters. The molecule has 1 aliphatic rings. The molecule has 2 aromatic heterocycles. The molecule has 1 fully saturated rings. The van der Waals surface area contributed by atoms with Gasteiger partial charge in [-0.3, -0.25) is 4.79 Å². The molecule has 0 spiro atoms. The van der Waals surface area contributed by atoms with E-state index in [1.165, 1.54) is 12.3 Å². The van der Waals surface area contributed by atoms with Crippen molar-refractivity contribution in [1.29, 1.82) is 0 Å². The number of nitrogens with zero attached hydrogens (tertiary/aromatic N) is 4. The lowest BCUT2D eigenvalue weighted by atomic mass is 9.85. The van der Waals surface area contributed by atoms with E-state index in [1.807, 2.05) is 13.8 Å². The predicted molar refractivity (Wildman–Crippen MR) is 137 cm³/mol. The van der Waals surface area contributed by atoms with Crippen LogP contribution >= 0.6 is 0 Å². The van der Waals surface area contributed by atoms with Crippen LogP contribution in [0.25, 0.3) is 5.69 Å². The van der Waals surface area contributed by atoms with Gasteiger partial charge in [-0.25, -0.2) is 13.6 Å². The number of aromatic nitrogens is 5. The highest BCUT2D eigenvalue weighted by molar-refractivity contribution is 7.89. The van der Waals surface area contributed by atoms with Crippen molar-refractivity contribution in [3.05, 3.63) is 52.6 Å². The standard InChI is InChI=1S/C25H32F3N7O3S/c1-15-18(22(36)30-14-24(2,3)23-31-33-34-32-23)13-35(20(15)11-16-7-5-4-6-8-16)17-9-10-21(39(29,37)38)19(12-17)25(26,27)28/h9-10,12-13,16H,4-8,11,14H2,1-3H3,(H,30,36)(H2,29,37,38)(H,31,32,33,34). The Balaban J connectivity index is 1.75. The molecular formula is C25H32F3N7O3S. The molecule has 39 heavy (non-hydrogen) atoms. The van der Waals surface area contributed by atoms with E-state index in [1.54, 1.807) is 11.5 Å². The van der Waals surface area contributed by atoms with Crippen LogP contribution in [-0.4, -0.2) is 46.1 Å². The van der Waals surface area contributed by atoms with Gasteiger partial charge in [0, 0.05) is 29.5 Å². The first-order valence-electron chi connectivity index (χ1n) is 12.7. The van der Waals surface area contributed by atoms with Gasteiger partial charge in [-0.2, -0.15) is 18.4 Å². The van der Waals surface area contributed by atoms with Crippen LogP contribution in [0.5, 0.6) is 0 Å². The minimum Gasteiger partial charge on any atom is -0.351 e. The van der Waals surface area contributed by atoms with Crippen LogP contribution in [0.1, 0.15) is 79.0 Å². The van der Waals surface area contributed by atoms with Gasteiger partial charge >= 0.3 is 6.18 Å². The number of H-pyrrole nitrogens is 1. The van der Waals surface area contributed by atoms with Gasteiger partial charge in [0.1, 0.15) is 0 Å². The van der Waals surface area contributed by atoms with E-state index in [4.69, 9.17) is 5.14 Å². The Kier molecular flexibility index (Phi) is 7.90. The molecule has 2 heterocycles. The Morgan fingerprint density at radius 3 is 2.49 bits per heavy atom. The summed E-state index contributed by atoms with van der Waals surface area (Å²) >= 11 is 0. The third-order valence-corrected chi connectivity index (χ3v) is 8.30. The first-order valence-corrected chi connectivity index (χ1v) is 14.2. The normalized spacial score (nSPS) is 15.5. The number of carbonyl (C=O) groups is 1. The Hall–Kier alpha value is -3.26. The highest BCUT2D eigenvalue weighted by atomic mass is 32.2. The smallest absolute Gasteiger partial charge is 0.351 e. The van der Waals surface area contributed by atoms with E-state index in [0.29, 0.717) is 35.0 Å². The monoisotopic (exact) mass is 567 g/mol. The number of hydrogen-bond acceptors (Lipinski definition) is 6.